The Morgan fingerprint density at radius 2 is 1.70 bits per heavy atom. The van der Waals surface area contributed by atoms with Crippen LogP contribution in [0, 0.1) is 0 Å². The van der Waals surface area contributed by atoms with E-state index in [9.17, 15) is 24.0 Å². The fourth-order valence-corrected chi connectivity index (χ4v) is 2.27. The first-order chi connectivity index (χ1) is 12.6. The number of thioether (sulfide) groups is 1. The minimum Gasteiger partial charge on any atom is -0.480 e. The number of nitrogens with two attached hydrogens (primary N) is 2. The van der Waals surface area contributed by atoms with Crippen molar-refractivity contribution in [2.75, 3.05) is 25.2 Å². The molecule has 4 amide bonds. The Bertz CT molecular complexity index is 560. The summed E-state index contributed by atoms with van der Waals surface area (Å²) in [4.78, 5) is 57.8. The molecular weight excluding hydrogens is 382 g/mol. The van der Waals surface area contributed by atoms with Crippen LogP contribution in [-0.2, 0) is 24.0 Å². The minimum absolute atomic E-state index is 0.147. The van der Waals surface area contributed by atoms with Crippen molar-refractivity contribution in [3.05, 3.63) is 0 Å². The highest BCUT2D eigenvalue weighted by atomic mass is 32.2. The predicted molar refractivity (Wildman–Crippen MR) is 96.4 cm³/mol. The smallest absolute Gasteiger partial charge is 0.326 e. The van der Waals surface area contributed by atoms with Gasteiger partial charge in [-0.3, -0.25) is 19.2 Å². The number of aliphatic carboxylic acids is 1. The first-order valence-electron chi connectivity index (χ1n) is 7.86. The topological polar surface area (TPSA) is 214 Å². The largest absolute Gasteiger partial charge is 0.480 e. The first-order valence-corrected chi connectivity index (χ1v) is 9.25. The van der Waals surface area contributed by atoms with E-state index in [1.165, 1.54) is 11.8 Å². The third-order valence-corrected chi connectivity index (χ3v) is 3.88. The Morgan fingerprint density at radius 1 is 1.07 bits per heavy atom. The summed E-state index contributed by atoms with van der Waals surface area (Å²) >= 11 is 1.39. The van der Waals surface area contributed by atoms with Crippen LogP contribution in [0.25, 0.3) is 0 Å². The van der Waals surface area contributed by atoms with E-state index in [1.54, 1.807) is 6.26 Å². The molecule has 12 nitrogen and oxygen atoms in total. The highest BCUT2D eigenvalue weighted by molar-refractivity contribution is 7.98. The van der Waals surface area contributed by atoms with Crippen molar-refractivity contribution < 1.29 is 34.2 Å². The maximum absolute atomic E-state index is 12.2. The maximum Gasteiger partial charge on any atom is 0.326 e. The predicted octanol–water partition coefficient (Wildman–Crippen LogP) is -3.90. The number of aliphatic hydroxyl groups excluding tert-OH is 1. The van der Waals surface area contributed by atoms with E-state index in [2.05, 4.69) is 16.0 Å². The van der Waals surface area contributed by atoms with Crippen LogP contribution in [0.15, 0.2) is 0 Å². The van der Waals surface area contributed by atoms with Gasteiger partial charge in [-0.1, -0.05) is 0 Å². The van der Waals surface area contributed by atoms with Crippen LogP contribution in [0.5, 0.6) is 0 Å². The molecule has 3 atom stereocenters. The Labute approximate surface area is 159 Å². The Kier molecular flexibility index (Phi) is 11.8. The Morgan fingerprint density at radius 3 is 2.19 bits per heavy atom. The van der Waals surface area contributed by atoms with Gasteiger partial charge in [-0.05, 0) is 18.4 Å². The van der Waals surface area contributed by atoms with E-state index in [1.807, 2.05) is 0 Å². The lowest BCUT2D eigenvalue weighted by atomic mass is 10.1. The molecule has 3 unspecified atom stereocenters. The number of amides is 4. The average molecular weight is 407 g/mol. The van der Waals surface area contributed by atoms with Gasteiger partial charge in [0.1, 0.15) is 18.1 Å². The summed E-state index contributed by atoms with van der Waals surface area (Å²) in [5.41, 5.74) is 10.3. The number of carbonyl (C=O) groups excluding carboxylic acids is 4. The van der Waals surface area contributed by atoms with Crippen LogP contribution in [-0.4, -0.2) is 83.1 Å². The van der Waals surface area contributed by atoms with Crippen molar-refractivity contribution in [3.8, 4) is 0 Å². The molecule has 0 fully saturated rings. The third kappa shape index (κ3) is 10.4. The van der Waals surface area contributed by atoms with Crippen molar-refractivity contribution in [2.24, 2.45) is 11.5 Å². The normalized spacial score (nSPS) is 13.7. The lowest BCUT2D eigenvalue weighted by molar-refractivity contribution is -0.142. The standard InChI is InChI=1S/C14H25N5O7S/c1-27-3-2-8(14(25)26)19-13(24)9(4-10(16)21)18-11(22)5-17-12(23)7(15)6-20/h7-9,20H,2-6,15H2,1H3,(H2,16,21)(H,17,23)(H,18,22)(H,19,24)(H,25,26). The Hall–Kier alpha value is -2.38. The maximum atomic E-state index is 12.2. The molecule has 0 spiro atoms. The lowest BCUT2D eigenvalue weighted by Gasteiger charge is -2.20. The van der Waals surface area contributed by atoms with E-state index in [0.717, 1.165) is 0 Å². The number of carboxylic acids is 1. The van der Waals surface area contributed by atoms with E-state index in [4.69, 9.17) is 21.7 Å². The summed E-state index contributed by atoms with van der Waals surface area (Å²) in [6.07, 6.45) is 1.36. The van der Waals surface area contributed by atoms with Gasteiger partial charge in [0.15, 0.2) is 0 Å². The second-order valence-electron chi connectivity index (χ2n) is 5.48. The quantitative estimate of drug-likeness (QED) is 0.159. The van der Waals surface area contributed by atoms with Gasteiger partial charge in [-0.25, -0.2) is 4.79 Å². The molecule has 0 aliphatic heterocycles. The summed E-state index contributed by atoms with van der Waals surface area (Å²) in [5.74, 6) is -4.18. The second kappa shape index (κ2) is 12.9. The molecule has 0 aliphatic rings. The van der Waals surface area contributed by atoms with Gasteiger partial charge in [0, 0.05) is 0 Å². The molecular formula is C14H25N5O7S. The summed E-state index contributed by atoms with van der Waals surface area (Å²) in [5, 5.41) is 24.4. The number of carbonyl (C=O) groups is 5. The van der Waals surface area contributed by atoms with Crippen molar-refractivity contribution in [1.82, 2.24) is 16.0 Å². The lowest BCUT2D eigenvalue weighted by Crippen LogP contribution is -2.55. The van der Waals surface area contributed by atoms with Crippen LogP contribution < -0.4 is 27.4 Å². The zero-order valence-corrected chi connectivity index (χ0v) is 15.6. The van der Waals surface area contributed by atoms with Gasteiger partial charge in [-0.2, -0.15) is 11.8 Å². The molecule has 0 rings (SSSR count). The monoisotopic (exact) mass is 407 g/mol. The summed E-state index contributed by atoms with van der Waals surface area (Å²) in [7, 11) is 0. The van der Waals surface area contributed by atoms with Crippen LogP contribution in [0.3, 0.4) is 0 Å². The van der Waals surface area contributed by atoms with Gasteiger partial charge >= 0.3 is 5.97 Å². The van der Waals surface area contributed by atoms with Crippen molar-refractivity contribution in [3.63, 3.8) is 0 Å². The molecule has 0 heterocycles. The van der Waals surface area contributed by atoms with E-state index < -0.39 is 67.3 Å². The zero-order chi connectivity index (χ0) is 21.0. The van der Waals surface area contributed by atoms with Gasteiger partial charge in [0.2, 0.25) is 23.6 Å². The number of primary amides is 1. The fourth-order valence-electron chi connectivity index (χ4n) is 1.80. The fraction of sp³-hybridized carbons (Fsp3) is 0.643. The zero-order valence-electron chi connectivity index (χ0n) is 14.8. The molecule has 0 bridgehead atoms. The molecule has 0 saturated heterocycles. The third-order valence-electron chi connectivity index (χ3n) is 3.24. The van der Waals surface area contributed by atoms with Gasteiger partial charge < -0.3 is 37.6 Å². The Balaban J connectivity index is 4.87. The molecule has 0 radical (unpaired) electrons. The first kappa shape index (κ1) is 24.6. The van der Waals surface area contributed by atoms with Crippen LogP contribution >= 0.6 is 11.8 Å². The molecule has 0 aromatic heterocycles. The van der Waals surface area contributed by atoms with Crippen molar-refractivity contribution >= 4 is 41.4 Å². The van der Waals surface area contributed by atoms with Crippen molar-refractivity contribution in [2.45, 2.75) is 31.0 Å². The van der Waals surface area contributed by atoms with E-state index in [0.29, 0.717) is 5.75 Å². The molecule has 0 aromatic rings. The van der Waals surface area contributed by atoms with Gasteiger partial charge in [-0.15, -0.1) is 0 Å². The highest BCUT2D eigenvalue weighted by Gasteiger charge is 2.27. The average Bonchev–Trinajstić information content (AvgIpc) is 2.60. The van der Waals surface area contributed by atoms with Crippen LogP contribution in [0.4, 0.5) is 0 Å². The summed E-state index contributed by atoms with van der Waals surface area (Å²) < 4.78 is 0. The van der Waals surface area contributed by atoms with Gasteiger partial charge in [0.05, 0.1) is 19.6 Å². The number of nitrogens with one attached hydrogen (secondary N) is 3. The number of aliphatic hydroxyl groups is 1. The number of hydrogen-bond acceptors (Lipinski definition) is 8. The van der Waals surface area contributed by atoms with Crippen molar-refractivity contribution in [1.29, 1.82) is 0 Å². The molecule has 0 aromatic carbocycles. The SMILES string of the molecule is CSCCC(NC(=O)C(CC(N)=O)NC(=O)CNC(=O)C(N)CO)C(=O)O. The molecule has 13 heteroatoms. The van der Waals surface area contributed by atoms with Crippen LogP contribution in [0.2, 0.25) is 0 Å². The second-order valence-corrected chi connectivity index (χ2v) is 6.46. The minimum atomic E-state index is -1.41. The molecule has 27 heavy (non-hydrogen) atoms. The number of rotatable bonds is 13. The molecule has 9 N–H and O–H groups in total. The molecule has 154 valence electrons. The van der Waals surface area contributed by atoms with Gasteiger partial charge in [0.25, 0.3) is 0 Å². The number of carboxylic acid groups (broad SMARTS) is 1. The summed E-state index contributed by atoms with van der Waals surface area (Å²) in [6, 6.07) is -3.82. The summed E-state index contributed by atoms with van der Waals surface area (Å²) in [6.45, 7) is -1.18. The molecule has 0 saturated carbocycles. The number of hydrogen-bond donors (Lipinski definition) is 7. The molecule has 0 aliphatic carbocycles. The highest BCUT2D eigenvalue weighted by Crippen LogP contribution is 2.02. The van der Waals surface area contributed by atoms with E-state index >= 15 is 0 Å². The van der Waals surface area contributed by atoms with Crippen LogP contribution in [0.1, 0.15) is 12.8 Å². The van der Waals surface area contributed by atoms with E-state index in [-0.39, 0.29) is 6.42 Å².